The molecule has 5 heteroatoms. The van der Waals surface area contributed by atoms with Crippen molar-refractivity contribution in [2.75, 3.05) is 13.2 Å². The van der Waals surface area contributed by atoms with Crippen molar-refractivity contribution in [3.05, 3.63) is 30.3 Å². The van der Waals surface area contributed by atoms with Gasteiger partial charge in [0.15, 0.2) is 6.61 Å². The number of hydrazine groups is 1. The highest BCUT2D eigenvalue weighted by molar-refractivity contribution is 5.77. The Morgan fingerprint density at radius 1 is 1.30 bits per heavy atom. The highest BCUT2D eigenvalue weighted by Gasteiger charge is 2.34. The number of hydrogen-bond donors (Lipinski definition) is 3. The van der Waals surface area contributed by atoms with E-state index in [1.165, 1.54) is 0 Å². The Morgan fingerprint density at radius 3 is 3.00 bits per heavy atom. The number of hydrogen-bond acceptors (Lipinski definition) is 4. The van der Waals surface area contributed by atoms with Crippen LogP contribution in [0, 0.1) is 5.92 Å². The zero-order valence-corrected chi connectivity index (χ0v) is 11.5. The van der Waals surface area contributed by atoms with Gasteiger partial charge < -0.3 is 10.1 Å². The van der Waals surface area contributed by atoms with Gasteiger partial charge in [-0.1, -0.05) is 18.2 Å². The lowest BCUT2D eigenvalue weighted by Gasteiger charge is -2.31. The normalized spacial score (nSPS) is 28.7. The molecule has 3 atom stereocenters. The van der Waals surface area contributed by atoms with Crippen molar-refractivity contribution in [1.82, 2.24) is 16.2 Å². The van der Waals surface area contributed by atoms with Crippen LogP contribution in [0.15, 0.2) is 30.3 Å². The van der Waals surface area contributed by atoms with Crippen LogP contribution in [-0.4, -0.2) is 31.1 Å². The van der Waals surface area contributed by atoms with Crippen molar-refractivity contribution >= 4 is 5.91 Å². The third kappa shape index (κ3) is 3.29. The van der Waals surface area contributed by atoms with Gasteiger partial charge in [-0.2, -0.15) is 0 Å². The van der Waals surface area contributed by atoms with Crippen molar-refractivity contribution in [2.45, 2.75) is 31.3 Å². The lowest BCUT2D eigenvalue weighted by Crippen LogP contribution is -2.45. The molecule has 5 nitrogen and oxygen atoms in total. The van der Waals surface area contributed by atoms with E-state index in [9.17, 15) is 4.79 Å². The molecular weight excluding hydrogens is 254 g/mol. The molecule has 1 aliphatic carbocycles. The van der Waals surface area contributed by atoms with E-state index in [0.717, 1.165) is 31.6 Å². The van der Waals surface area contributed by atoms with Crippen LogP contribution in [0.3, 0.4) is 0 Å². The van der Waals surface area contributed by atoms with Crippen LogP contribution in [0.2, 0.25) is 0 Å². The fraction of sp³-hybridized carbons (Fsp3) is 0.533. The summed E-state index contributed by atoms with van der Waals surface area (Å²) < 4.78 is 5.46. The van der Waals surface area contributed by atoms with E-state index in [0.29, 0.717) is 12.0 Å². The summed E-state index contributed by atoms with van der Waals surface area (Å²) in [5.74, 6) is 1.33. The van der Waals surface area contributed by atoms with E-state index < -0.39 is 0 Å². The first-order chi connectivity index (χ1) is 9.81. The predicted molar refractivity (Wildman–Crippen MR) is 76.1 cm³/mol. The minimum Gasteiger partial charge on any atom is -0.484 e. The molecule has 3 N–H and O–H groups in total. The maximum Gasteiger partial charge on any atom is 0.258 e. The molecule has 20 heavy (non-hydrogen) atoms. The van der Waals surface area contributed by atoms with Crippen molar-refractivity contribution in [3.8, 4) is 5.75 Å². The molecule has 1 aromatic rings. The van der Waals surface area contributed by atoms with E-state index in [4.69, 9.17) is 4.74 Å². The minimum atomic E-state index is -0.0313. The van der Waals surface area contributed by atoms with Gasteiger partial charge in [0, 0.05) is 18.6 Å². The zero-order valence-electron chi connectivity index (χ0n) is 11.5. The molecule has 2 aliphatic rings. The van der Waals surface area contributed by atoms with E-state index in [1.54, 1.807) is 0 Å². The number of benzene rings is 1. The number of ether oxygens (including phenoxy) is 1. The van der Waals surface area contributed by atoms with Gasteiger partial charge in [-0.25, -0.2) is 0 Å². The van der Waals surface area contributed by atoms with E-state index >= 15 is 0 Å². The van der Waals surface area contributed by atoms with Crippen LogP contribution < -0.4 is 20.9 Å². The Labute approximate surface area is 119 Å². The zero-order chi connectivity index (χ0) is 13.8. The molecule has 1 heterocycles. The fourth-order valence-corrected chi connectivity index (χ4v) is 3.07. The predicted octanol–water partition coefficient (Wildman–Crippen LogP) is 0.827. The molecule has 3 unspecified atom stereocenters. The Hall–Kier alpha value is -1.59. The lowest BCUT2D eigenvalue weighted by molar-refractivity contribution is -0.124. The standard InChI is InChI=1S/C15H21N3O2/c19-15(10-20-13-4-2-1-3-5-13)17-12-6-7-14-11(8-12)9-16-18-14/h1-5,11-12,14,16,18H,6-10H2,(H,17,19). The van der Waals surface area contributed by atoms with Gasteiger partial charge >= 0.3 is 0 Å². The molecule has 1 aliphatic heterocycles. The smallest absolute Gasteiger partial charge is 0.258 e. The highest BCUT2D eigenvalue weighted by atomic mass is 16.5. The fourth-order valence-electron chi connectivity index (χ4n) is 3.07. The van der Waals surface area contributed by atoms with Crippen LogP contribution >= 0.6 is 0 Å². The van der Waals surface area contributed by atoms with Crippen LogP contribution in [0.5, 0.6) is 5.75 Å². The average Bonchev–Trinajstić information content (AvgIpc) is 2.94. The first kappa shape index (κ1) is 13.4. The van der Waals surface area contributed by atoms with Gasteiger partial charge in [-0.3, -0.25) is 15.6 Å². The molecular formula is C15H21N3O2. The molecule has 2 fully saturated rings. The molecule has 1 saturated carbocycles. The third-order valence-corrected chi connectivity index (χ3v) is 4.11. The van der Waals surface area contributed by atoms with Crippen molar-refractivity contribution in [3.63, 3.8) is 0 Å². The molecule has 1 saturated heterocycles. The largest absolute Gasteiger partial charge is 0.484 e. The quantitative estimate of drug-likeness (QED) is 0.761. The van der Waals surface area contributed by atoms with Crippen LogP contribution in [-0.2, 0) is 4.79 Å². The summed E-state index contributed by atoms with van der Waals surface area (Å²) in [5, 5.41) is 3.08. The SMILES string of the molecule is O=C(COc1ccccc1)NC1CCC2NNCC2C1. The first-order valence-corrected chi connectivity index (χ1v) is 7.27. The average molecular weight is 275 g/mol. The summed E-state index contributed by atoms with van der Waals surface area (Å²) in [6.45, 7) is 1.09. The summed E-state index contributed by atoms with van der Waals surface area (Å²) in [7, 11) is 0. The topological polar surface area (TPSA) is 62.4 Å². The van der Waals surface area contributed by atoms with Gasteiger partial charge in [0.25, 0.3) is 5.91 Å². The highest BCUT2D eigenvalue weighted by Crippen LogP contribution is 2.26. The summed E-state index contributed by atoms with van der Waals surface area (Å²) in [6, 6.07) is 10.3. The van der Waals surface area contributed by atoms with Crippen LogP contribution in [0.1, 0.15) is 19.3 Å². The molecule has 0 spiro atoms. The second kappa shape index (κ2) is 6.24. The number of amides is 1. The Morgan fingerprint density at radius 2 is 2.15 bits per heavy atom. The maximum atomic E-state index is 11.9. The van der Waals surface area contributed by atoms with Crippen molar-refractivity contribution in [2.24, 2.45) is 5.92 Å². The van der Waals surface area contributed by atoms with Crippen molar-refractivity contribution < 1.29 is 9.53 Å². The Kier molecular flexibility index (Phi) is 4.18. The number of carbonyl (C=O) groups excluding carboxylic acids is 1. The summed E-state index contributed by atoms with van der Waals surface area (Å²) in [6.07, 6.45) is 3.19. The Balaban J connectivity index is 1.42. The van der Waals surface area contributed by atoms with E-state index in [2.05, 4.69) is 16.2 Å². The molecule has 0 bridgehead atoms. The minimum absolute atomic E-state index is 0.0313. The molecule has 0 aromatic heterocycles. The summed E-state index contributed by atoms with van der Waals surface area (Å²) in [5.41, 5.74) is 6.49. The van der Waals surface area contributed by atoms with Gasteiger partial charge in [0.2, 0.25) is 0 Å². The van der Waals surface area contributed by atoms with Gasteiger partial charge in [0.1, 0.15) is 5.75 Å². The van der Waals surface area contributed by atoms with E-state index in [-0.39, 0.29) is 18.6 Å². The number of para-hydroxylation sites is 1. The van der Waals surface area contributed by atoms with Crippen LogP contribution in [0.4, 0.5) is 0 Å². The monoisotopic (exact) mass is 275 g/mol. The van der Waals surface area contributed by atoms with Gasteiger partial charge in [-0.05, 0) is 37.3 Å². The molecule has 3 rings (SSSR count). The Bertz CT molecular complexity index is 452. The maximum absolute atomic E-state index is 11.9. The summed E-state index contributed by atoms with van der Waals surface area (Å²) in [4.78, 5) is 11.9. The molecule has 1 aromatic carbocycles. The van der Waals surface area contributed by atoms with Crippen molar-refractivity contribution in [1.29, 1.82) is 0 Å². The second-order valence-electron chi connectivity index (χ2n) is 5.57. The first-order valence-electron chi connectivity index (χ1n) is 7.27. The number of carbonyl (C=O) groups is 1. The molecule has 108 valence electrons. The summed E-state index contributed by atoms with van der Waals surface area (Å²) >= 11 is 0. The second-order valence-corrected chi connectivity index (χ2v) is 5.57. The molecule has 0 radical (unpaired) electrons. The lowest BCUT2D eigenvalue weighted by atomic mass is 9.83. The number of rotatable bonds is 4. The third-order valence-electron chi connectivity index (χ3n) is 4.11. The van der Waals surface area contributed by atoms with E-state index in [1.807, 2.05) is 30.3 Å². The molecule has 1 amide bonds. The number of fused-ring (bicyclic) bond motifs is 1. The number of nitrogens with one attached hydrogen (secondary N) is 3. The van der Waals surface area contributed by atoms with Crippen LogP contribution in [0.25, 0.3) is 0 Å². The van der Waals surface area contributed by atoms with Gasteiger partial charge in [0.05, 0.1) is 0 Å². The van der Waals surface area contributed by atoms with Gasteiger partial charge in [-0.15, -0.1) is 0 Å².